The van der Waals surface area contributed by atoms with Gasteiger partial charge in [0.2, 0.25) is 0 Å². The first-order chi connectivity index (χ1) is 11.5. The number of hydrogen-bond acceptors (Lipinski definition) is 3. The fourth-order valence-electron chi connectivity index (χ4n) is 2.09. The molecule has 0 aliphatic heterocycles. The Balaban J connectivity index is 0.000000550. The van der Waals surface area contributed by atoms with Gasteiger partial charge in [-0.05, 0) is 51.0 Å². The lowest BCUT2D eigenvalue weighted by Crippen LogP contribution is -2.44. The van der Waals surface area contributed by atoms with Crippen molar-refractivity contribution in [2.75, 3.05) is 28.2 Å². The first-order valence-electron chi connectivity index (χ1n) is 8.38. The lowest BCUT2D eigenvalue weighted by Gasteiger charge is -2.23. The summed E-state index contributed by atoms with van der Waals surface area (Å²) in [6, 6.07) is 11.3. The number of benzene rings is 2. The fraction of sp³-hybridized carbons (Fsp3) is 0.400. The maximum absolute atomic E-state index is 11.9. The van der Waals surface area contributed by atoms with Gasteiger partial charge in [-0.25, -0.2) is 0 Å². The summed E-state index contributed by atoms with van der Waals surface area (Å²) in [4.78, 5) is 0. The van der Waals surface area contributed by atoms with Crippen molar-refractivity contribution in [2.24, 2.45) is 0 Å². The predicted molar refractivity (Wildman–Crippen MR) is 103 cm³/mol. The summed E-state index contributed by atoms with van der Waals surface area (Å²) in [5, 5.41) is 11.9. The van der Waals surface area contributed by atoms with Gasteiger partial charge in [0.25, 0.3) is 0 Å². The normalized spacial score (nSPS) is 10.6. The van der Waals surface area contributed by atoms with Gasteiger partial charge in [0, 0.05) is 0 Å². The molecule has 0 aliphatic rings. The van der Waals surface area contributed by atoms with E-state index in [4.69, 9.17) is 9.31 Å². The molecule has 25 heavy (non-hydrogen) atoms. The summed E-state index contributed by atoms with van der Waals surface area (Å²) in [6.07, 6.45) is 0. The molecule has 5 heteroatoms. The van der Waals surface area contributed by atoms with Gasteiger partial charge in [-0.2, -0.15) is 0 Å². The molecule has 0 saturated carbocycles. The molecule has 4 nitrogen and oxygen atoms in total. The second-order valence-electron chi connectivity index (χ2n) is 7.75. The van der Waals surface area contributed by atoms with Crippen LogP contribution in [-0.2, 0) is 0 Å². The van der Waals surface area contributed by atoms with Crippen LogP contribution in [0.4, 0.5) is 0 Å². The van der Waals surface area contributed by atoms with E-state index in [0.717, 1.165) is 26.7 Å². The zero-order valence-corrected chi connectivity index (χ0v) is 16.7. The van der Waals surface area contributed by atoms with Crippen LogP contribution in [0, 0.1) is 27.7 Å². The lowest BCUT2D eigenvalue weighted by molar-refractivity contribution is -0.849. The Morgan fingerprint density at radius 3 is 1.32 bits per heavy atom. The molecule has 136 valence electrons. The molecule has 0 aromatic heterocycles. The zero-order chi connectivity index (χ0) is 19.2. The average molecular weight is 343 g/mol. The molecule has 0 saturated heterocycles. The standard InChI is InChI=1S/C16H18BO3.C4H12N/c1-11-5-7-15(13(3)9-11)19-17(18)20-16-8-6-12(2)10-14(16)4;1-5(2,3)4/h5-10H,1-4H3;1-4H3/q-1;+1. The van der Waals surface area contributed by atoms with E-state index in [2.05, 4.69) is 28.2 Å². The minimum absolute atomic E-state index is 0.556. The van der Waals surface area contributed by atoms with E-state index in [9.17, 15) is 5.02 Å². The fourth-order valence-corrected chi connectivity index (χ4v) is 2.09. The quantitative estimate of drug-likeness (QED) is 0.633. The monoisotopic (exact) mass is 343 g/mol. The summed E-state index contributed by atoms with van der Waals surface area (Å²) < 4.78 is 11.6. The Labute approximate surface area is 152 Å². The van der Waals surface area contributed by atoms with Gasteiger partial charge in [0.1, 0.15) is 11.5 Å². The van der Waals surface area contributed by atoms with Crippen LogP contribution in [0.1, 0.15) is 22.3 Å². The molecule has 0 spiro atoms. The molecule has 2 aromatic carbocycles. The van der Waals surface area contributed by atoms with Gasteiger partial charge < -0.3 is 18.8 Å². The third-order valence-electron chi connectivity index (χ3n) is 3.11. The highest BCUT2D eigenvalue weighted by molar-refractivity contribution is 6.34. The van der Waals surface area contributed by atoms with Crippen LogP contribution in [0.15, 0.2) is 36.4 Å². The Kier molecular flexibility index (Phi) is 7.52. The number of rotatable bonds is 4. The second-order valence-corrected chi connectivity index (χ2v) is 7.75. The van der Waals surface area contributed by atoms with E-state index in [1.54, 1.807) is 12.1 Å². The van der Waals surface area contributed by atoms with Crippen LogP contribution in [0.5, 0.6) is 11.5 Å². The van der Waals surface area contributed by atoms with Gasteiger partial charge in [-0.3, -0.25) is 0 Å². The van der Waals surface area contributed by atoms with E-state index in [1.807, 2.05) is 52.0 Å². The van der Waals surface area contributed by atoms with Crippen molar-refractivity contribution in [1.29, 1.82) is 0 Å². The number of aryl methyl sites for hydroxylation is 4. The first kappa shape index (κ1) is 21.1. The maximum atomic E-state index is 11.9. The summed E-state index contributed by atoms with van der Waals surface area (Å²) in [7, 11) is 6.93. The molecule has 0 unspecified atom stereocenters. The van der Waals surface area contributed by atoms with Crippen LogP contribution in [0.2, 0.25) is 0 Å². The largest absolute Gasteiger partial charge is 0.808 e. The van der Waals surface area contributed by atoms with E-state index >= 15 is 0 Å². The van der Waals surface area contributed by atoms with E-state index in [-0.39, 0.29) is 0 Å². The molecule has 0 bridgehead atoms. The maximum Gasteiger partial charge on any atom is 0.492 e. The van der Waals surface area contributed by atoms with E-state index < -0.39 is 7.32 Å². The highest BCUT2D eigenvalue weighted by atomic mass is 16.7. The van der Waals surface area contributed by atoms with Crippen molar-refractivity contribution >= 4 is 7.32 Å². The van der Waals surface area contributed by atoms with Crippen molar-refractivity contribution < 1.29 is 18.8 Å². The van der Waals surface area contributed by atoms with Gasteiger partial charge in [0.15, 0.2) is 0 Å². The molecule has 0 heterocycles. The SMILES string of the molecule is C[N+](C)(C)C.Cc1ccc(OB([O-])Oc2ccc(C)cc2C)c(C)c1. The minimum atomic E-state index is -1.57. The van der Waals surface area contributed by atoms with Crippen LogP contribution in [-0.4, -0.2) is 40.0 Å². The van der Waals surface area contributed by atoms with E-state index in [1.165, 1.54) is 0 Å². The van der Waals surface area contributed by atoms with E-state index in [0.29, 0.717) is 11.5 Å². The molecular weight excluding hydrogens is 313 g/mol. The third-order valence-corrected chi connectivity index (χ3v) is 3.11. The minimum Gasteiger partial charge on any atom is -0.808 e. The molecular formula is C20H30BNO3. The Morgan fingerprint density at radius 2 is 1.04 bits per heavy atom. The molecule has 2 rings (SSSR count). The summed E-state index contributed by atoms with van der Waals surface area (Å²) >= 11 is 0. The molecule has 0 N–H and O–H groups in total. The van der Waals surface area contributed by atoms with Crippen molar-refractivity contribution in [2.45, 2.75) is 27.7 Å². The van der Waals surface area contributed by atoms with Gasteiger partial charge in [-0.1, -0.05) is 35.4 Å². The summed E-state index contributed by atoms with van der Waals surface area (Å²) in [6.45, 7) is 7.81. The average Bonchev–Trinajstić information content (AvgIpc) is 2.43. The van der Waals surface area contributed by atoms with Crippen molar-refractivity contribution in [3.63, 3.8) is 0 Å². The second kappa shape index (κ2) is 8.93. The summed E-state index contributed by atoms with van der Waals surface area (Å²) in [5.41, 5.74) is 4.12. The zero-order valence-electron chi connectivity index (χ0n) is 16.7. The Hall–Kier alpha value is -1.98. The predicted octanol–water partition coefficient (Wildman–Crippen LogP) is 3.05. The van der Waals surface area contributed by atoms with Crippen molar-refractivity contribution in [1.82, 2.24) is 0 Å². The first-order valence-corrected chi connectivity index (χ1v) is 8.38. The van der Waals surface area contributed by atoms with Crippen molar-refractivity contribution in [3.8, 4) is 11.5 Å². The Bertz CT molecular complexity index is 636. The molecule has 0 fully saturated rings. The van der Waals surface area contributed by atoms with Gasteiger partial charge in [-0.15, -0.1) is 0 Å². The highest BCUT2D eigenvalue weighted by Gasteiger charge is 2.10. The van der Waals surface area contributed by atoms with Gasteiger partial charge in [0.05, 0.1) is 28.2 Å². The molecule has 0 amide bonds. The Morgan fingerprint density at radius 1 is 0.720 bits per heavy atom. The van der Waals surface area contributed by atoms with Crippen LogP contribution in [0.25, 0.3) is 0 Å². The molecule has 0 atom stereocenters. The molecule has 0 aliphatic carbocycles. The number of hydrogen-bond donors (Lipinski definition) is 0. The van der Waals surface area contributed by atoms with Gasteiger partial charge >= 0.3 is 7.32 Å². The highest BCUT2D eigenvalue weighted by Crippen LogP contribution is 2.21. The topological polar surface area (TPSA) is 41.5 Å². The van der Waals surface area contributed by atoms with Crippen LogP contribution in [0.3, 0.4) is 0 Å². The van der Waals surface area contributed by atoms with Crippen LogP contribution < -0.4 is 14.3 Å². The molecule has 2 aromatic rings. The summed E-state index contributed by atoms with van der Waals surface area (Å²) in [5.74, 6) is 1.11. The molecule has 0 radical (unpaired) electrons. The van der Waals surface area contributed by atoms with Crippen molar-refractivity contribution in [3.05, 3.63) is 58.7 Å². The van der Waals surface area contributed by atoms with Crippen LogP contribution >= 0.6 is 0 Å². The lowest BCUT2D eigenvalue weighted by atomic mass is 10.1. The number of quaternary nitrogens is 1. The number of nitrogens with zero attached hydrogens (tertiary/aromatic N) is 1. The smallest absolute Gasteiger partial charge is 0.492 e. The third kappa shape index (κ3) is 8.61.